The quantitative estimate of drug-likeness (QED) is 0.0495. The molecule has 2 N–H and O–H groups in total. The van der Waals surface area contributed by atoms with Gasteiger partial charge in [0.25, 0.3) is 0 Å². The number of aromatic nitrogens is 2. The van der Waals surface area contributed by atoms with Gasteiger partial charge in [-0.25, -0.2) is 0 Å². The van der Waals surface area contributed by atoms with Crippen LogP contribution in [0.3, 0.4) is 0 Å². The van der Waals surface area contributed by atoms with Gasteiger partial charge in [0.1, 0.15) is 23.0 Å². The van der Waals surface area contributed by atoms with Gasteiger partial charge in [-0.15, -0.1) is 0 Å². The molecule has 0 aliphatic heterocycles. The third-order valence-electron chi connectivity index (χ3n) is 10.8. The molecule has 0 atom stereocenters. The van der Waals surface area contributed by atoms with Crippen LogP contribution in [0.5, 0.6) is 23.0 Å². The molecule has 0 unspecified atom stereocenters. The number of carboxylic acids is 1. The van der Waals surface area contributed by atoms with Gasteiger partial charge >= 0.3 is 23.9 Å². The molecule has 0 fully saturated rings. The van der Waals surface area contributed by atoms with Crippen LogP contribution in [-0.4, -0.2) is 44.1 Å². The van der Waals surface area contributed by atoms with E-state index < -0.39 is 5.97 Å². The number of fused-ring (bicyclic) bond motifs is 2. The van der Waals surface area contributed by atoms with Crippen molar-refractivity contribution in [1.82, 2.24) is 9.97 Å². The minimum absolute atomic E-state index is 0.131. The maximum atomic E-state index is 12.1. The summed E-state index contributed by atoms with van der Waals surface area (Å²) in [6.07, 6.45) is 8.32. The Labute approximate surface area is 411 Å². The molecule has 2 aromatic heterocycles. The monoisotopic (exact) mass is 946 g/mol. The maximum absolute atomic E-state index is 12.1. The first-order valence-corrected chi connectivity index (χ1v) is 23.0. The molecule has 0 bridgehead atoms. The molecule has 0 saturated carbocycles. The predicted octanol–water partition coefficient (Wildman–Crippen LogP) is 12.3. The number of unbranched alkanes of at least 4 members (excludes halogenated alkanes) is 4. The number of nitriles is 2. The number of carbonyl (C=O) groups is 4. The van der Waals surface area contributed by atoms with Gasteiger partial charge in [0, 0.05) is 48.8 Å². The summed E-state index contributed by atoms with van der Waals surface area (Å²) in [7, 11) is 0. The number of rotatable bonds is 17. The van der Waals surface area contributed by atoms with Crippen LogP contribution in [0.15, 0.2) is 170 Å². The average molecular weight is 947 g/mol. The Morgan fingerprint density at radius 2 is 0.803 bits per heavy atom. The Bertz CT molecular complexity index is 3130. The topological polar surface area (TPSA) is 210 Å². The van der Waals surface area contributed by atoms with E-state index in [9.17, 15) is 19.2 Å². The van der Waals surface area contributed by atoms with E-state index in [2.05, 4.69) is 22.1 Å². The largest absolute Gasteiger partial charge is 0.508 e. The number of aliphatic carboxylic acids is 1. The van der Waals surface area contributed by atoms with Crippen molar-refractivity contribution >= 4 is 45.7 Å². The van der Waals surface area contributed by atoms with Crippen molar-refractivity contribution in [2.24, 2.45) is 0 Å². The zero-order valence-electron chi connectivity index (χ0n) is 38.8. The summed E-state index contributed by atoms with van der Waals surface area (Å²) in [6.45, 7) is 0. The zero-order valence-corrected chi connectivity index (χ0v) is 38.8. The van der Waals surface area contributed by atoms with Crippen LogP contribution in [0, 0.1) is 22.7 Å². The minimum atomic E-state index is -0.815. The molecular weight excluding hydrogens is 897 g/mol. The highest BCUT2D eigenvalue weighted by Gasteiger charge is 2.10. The molecule has 8 aromatic rings. The van der Waals surface area contributed by atoms with Crippen LogP contribution < -0.4 is 14.2 Å². The van der Waals surface area contributed by atoms with Crippen molar-refractivity contribution < 1.29 is 43.6 Å². The van der Waals surface area contributed by atoms with Crippen molar-refractivity contribution in [3.8, 4) is 57.4 Å². The molecule has 0 amide bonds. The van der Waals surface area contributed by atoms with E-state index in [4.69, 9.17) is 34.9 Å². The number of pyridine rings is 2. The second-order valence-electron chi connectivity index (χ2n) is 16.1. The first kappa shape index (κ1) is 51.2. The van der Waals surface area contributed by atoms with Crippen molar-refractivity contribution in [3.63, 3.8) is 0 Å². The fourth-order valence-electron chi connectivity index (χ4n) is 7.07. The standard InChI is InChI=1S/C29H24N2O4.C20H19NO4.C9H7NO/c30-20-21-8-10-22(11-9-21)23-12-14-25(15-13-23)34-28(32)6-2-1-3-7-29(33)35-26-16-17-27-24(19-26)5-4-18-31-27;21-14-15-6-8-16(9-7-15)17-10-12-18(13-11-17)25-20(24)5-3-1-2-4-19(22)23;11-8-3-4-9-7(6-8)2-1-5-10-9/h4-5,8-19H,1-3,6-7H2;6-13H,1-5H2,(H,22,23);1-6,11H. The lowest BCUT2D eigenvalue weighted by Gasteiger charge is -2.07. The van der Waals surface area contributed by atoms with Crippen LogP contribution in [-0.2, 0) is 19.2 Å². The lowest BCUT2D eigenvalue weighted by molar-refractivity contribution is -0.137. The van der Waals surface area contributed by atoms with Crippen molar-refractivity contribution in [2.45, 2.75) is 64.2 Å². The minimum Gasteiger partial charge on any atom is -0.508 e. The summed E-state index contributed by atoms with van der Waals surface area (Å²) < 4.78 is 16.1. The summed E-state index contributed by atoms with van der Waals surface area (Å²) >= 11 is 0. The Morgan fingerprint density at radius 1 is 0.437 bits per heavy atom. The van der Waals surface area contributed by atoms with Gasteiger partial charge in [-0.3, -0.25) is 29.1 Å². The van der Waals surface area contributed by atoms with E-state index in [0.29, 0.717) is 60.5 Å². The number of carbonyl (C=O) groups excluding carboxylic acids is 3. The molecular formula is C58H50N4O9. The normalized spacial score (nSPS) is 10.3. The highest BCUT2D eigenvalue weighted by Crippen LogP contribution is 2.26. The number of ether oxygens (including phenoxy) is 3. The number of carboxylic acid groups (broad SMARTS) is 1. The number of phenols is 1. The Morgan fingerprint density at radius 3 is 1.23 bits per heavy atom. The van der Waals surface area contributed by atoms with E-state index in [0.717, 1.165) is 50.5 Å². The van der Waals surface area contributed by atoms with E-state index in [1.54, 1.807) is 91.3 Å². The predicted molar refractivity (Wildman–Crippen MR) is 269 cm³/mol. The third kappa shape index (κ3) is 17.1. The van der Waals surface area contributed by atoms with Gasteiger partial charge in [0.05, 0.1) is 34.3 Å². The average Bonchev–Trinajstić information content (AvgIpc) is 3.39. The number of esters is 3. The molecule has 0 saturated heterocycles. The third-order valence-corrected chi connectivity index (χ3v) is 10.8. The number of aromatic hydroxyl groups is 1. The van der Waals surface area contributed by atoms with E-state index in [-0.39, 0.29) is 49.3 Å². The van der Waals surface area contributed by atoms with Gasteiger partial charge in [0.2, 0.25) is 0 Å². The molecule has 2 heterocycles. The molecule has 0 aliphatic carbocycles. The van der Waals surface area contributed by atoms with Gasteiger partial charge in [-0.05, 0) is 145 Å². The molecule has 8 rings (SSSR count). The first-order valence-electron chi connectivity index (χ1n) is 23.0. The van der Waals surface area contributed by atoms with Crippen LogP contribution in [0.4, 0.5) is 0 Å². The summed E-state index contributed by atoms with van der Waals surface area (Å²) in [5.74, 6) is 0.0253. The van der Waals surface area contributed by atoms with Crippen molar-refractivity contribution in [1.29, 1.82) is 10.5 Å². The number of hydrogen-bond acceptors (Lipinski definition) is 12. The van der Waals surface area contributed by atoms with Crippen LogP contribution in [0.2, 0.25) is 0 Å². The van der Waals surface area contributed by atoms with Crippen LogP contribution in [0.25, 0.3) is 44.1 Å². The molecule has 0 spiro atoms. The van der Waals surface area contributed by atoms with Crippen LogP contribution in [0.1, 0.15) is 75.3 Å². The van der Waals surface area contributed by atoms with Crippen molar-refractivity contribution in [2.75, 3.05) is 0 Å². The summed E-state index contributed by atoms with van der Waals surface area (Å²) in [5.41, 5.74) is 6.89. The summed E-state index contributed by atoms with van der Waals surface area (Å²) in [6, 6.07) is 51.2. The van der Waals surface area contributed by atoms with Gasteiger partial charge in [-0.1, -0.05) is 73.5 Å². The zero-order chi connectivity index (χ0) is 50.2. The lowest BCUT2D eigenvalue weighted by Crippen LogP contribution is -2.09. The van der Waals surface area contributed by atoms with Crippen LogP contribution >= 0.6 is 0 Å². The second kappa shape index (κ2) is 27.0. The number of hydrogen-bond donors (Lipinski definition) is 2. The van der Waals surface area contributed by atoms with E-state index in [1.165, 1.54) is 0 Å². The van der Waals surface area contributed by atoms with E-state index in [1.807, 2.05) is 78.9 Å². The highest BCUT2D eigenvalue weighted by atomic mass is 16.5. The SMILES string of the molecule is N#Cc1ccc(-c2ccc(OC(=O)CCCCCC(=O)O)cc2)cc1.N#Cc1ccc(-c2ccc(OC(=O)CCCCCC(=O)Oc3ccc4ncccc4c3)cc2)cc1.Oc1ccc2ncccc2c1. The summed E-state index contributed by atoms with van der Waals surface area (Å²) in [5, 5.41) is 37.2. The Kier molecular flexibility index (Phi) is 19.4. The van der Waals surface area contributed by atoms with Crippen molar-refractivity contribution in [3.05, 3.63) is 181 Å². The number of benzene rings is 6. The molecule has 0 aliphatic rings. The molecule has 6 aromatic carbocycles. The molecule has 356 valence electrons. The second-order valence-corrected chi connectivity index (χ2v) is 16.1. The van der Waals surface area contributed by atoms with Gasteiger partial charge < -0.3 is 24.4 Å². The fourth-order valence-corrected chi connectivity index (χ4v) is 7.07. The number of nitrogens with zero attached hydrogens (tertiary/aromatic N) is 4. The summed E-state index contributed by atoms with van der Waals surface area (Å²) in [4.78, 5) is 54.8. The lowest BCUT2D eigenvalue weighted by atomic mass is 10.0. The maximum Gasteiger partial charge on any atom is 0.311 e. The molecule has 13 heteroatoms. The van der Waals surface area contributed by atoms with Gasteiger partial charge in [0.15, 0.2) is 0 Å². The first-order chi connectivity index (χ1) is 34.5. The fraction of sp³-hybridized carbons (Fsp3) is 0.172. The Hall–Kier alpha value is -9.20. The number of phenolic OH excluding ortho intramolecular Hbond substituents is 1. The Balaban J connectivity index is 0.000000198. The van der Waals surface area contributed by atoms with E-state index >= 15 is 0 Å². The molecule has 71 heavy (non-hydrogen) atoms. The van der Waals surface area contributed by atoms with Gasteiger partial charge in [-0.2, -0.15) is 10.5 Å². The molecule has 0 radical (unpaired) electrons. The highest BCUT2D eigenvalue weighted by molar-refractivity contribution is 5.82. The molecule has 13 nitrogen and oxygen atoms in total. The smallest absolute Gasteiger partial charge is 0.311 e.